The van der Waals surface area contributed by atoms with Gasteiger partial charge in [0.2, 0.25) is 5.91 Å². The molecule has 0 bridgehead atoms. The van der Waals surface area contributed by atoms with Gasteiger partial charge in [-0.25, -0.2) is 4.98 Å². The fourth-order valence-corrected chi connectivity index (χ4v) is 6.29. The normalized spacial score (nSPS) is 15.6. The molecule has 1 fully saturated rings. The van der Waals surface area contributed by atoms with Gasteiger partial charge in [0.1, 0.15) is 5.75 Å². The summed E-state index contributed by atoms with van der Waals surface area (Å²) in [6, 6.07) is 15.5. The van der Waals surface area contributed by atoms with Crippen LogP contribution in [0.5, 0.6) is 5.75 Å². The van der Waals surface area contributed by atoms with Crippen molar-refractivity contribution < 1.29 is 9.53 Å². The van der Waals surface area contributed by atoms with Crippen LogP contribution in [0.25, 0.3) is 11.3 Å². The number of fused-ring (bicyclic) bond motifs is 4. The van der Waals surface area contributed by atoms with E-state index in [9.17, 15) is 9.59 Å². The van der Waals surface area contributed by atoms with Crippen LogP contribution in [0.4, 0.5) is 5.69 Å². The summed E-state index contributed by atoms with van der Waals surface area (Å²) in [5.41, 5.74) is 4.68. The predicted octanol–water partition coefficient (Wildman–Crippen LogP) is 5.04. The molecule has 7 heteroatoms. The summed E-state index contributed by atoms with van der Waals surface area (Å²) >= 11 is 1.31. The van der Waals surface area contributed by atoms with Gasteiger partial charge in [0.05, 0.1) is 24.1 Å². The molecule has 2 aromatic carbocycles. The minimum Gasteiger partial charge on any atom is -0.497 e. The van der Waals surface area contributed by atoms with E-state index in [0.29, 0.717) is 17.4 Å². The minimum absolute atomic E-state index is 0.0574. The van der Waals surface area contributed by atoms with Crippen molar-refractivity contribution in [3.63, 3.8) is 0 Å². The maximum atomic E-state index is 13.8. The summed E-state index contributed by atoms with van der Waals surface area (Å²) < 4.78 is 6.91. The molecule has 0 atom stereocenters. The van der Waals surface area contributed by atoms with Crippen molar-refractivity contribution in [1.29, 1.82) is 0 Å². The Bertz CT molecular complexity index is 1280. The zero-order valence-electron chi connectivity index (χ0n) is 19.6. The maximum absolute atomic E-state index is 13.8. The summed E-state index contributed by atoms with van der Waals surface area (Å²) in [6.45, 7) is 2.49. The number of ether oxygens (including phenoxy) is 1. The van der Waals surface area contributed by atoms with Crippen LogP contribution >= 0.6 is 11.8 Å². The molecule has 176 valence electrons. The molecule has 1 aromatic heterocycles. The Morgan fingerprint density at radius 1 is 1.15 bits per heavy atom. The zero-order valence-corrected chi connectivity index (χ0v) is 20.4. The van der Waals surface area contributed by atoms with Crippen molar-refractivity contribution in [3.8, 4) is 17.0 Å². The van der Waals surface area contributed by atoms with Crippen LogP contribution in [0.3, 0.4) is 0 Å². The van der Waals surface area contributed by atoms with Crippen molar-refractivity contribution in [2.75, 3.05) is 18.2 Å². The largest absolute Gasteiger partial charge is 0.497 e. The van der Waals surface area contributed by atoms with Crippen LogP contribution in [0.15, 0.2) is 58.5 Å². The van der Waals surface area contributed by atoms with Crippen molar-refractivity contribution >= 4 is 23.4 Å². The highest BCUT2D eigenvalue weighted by Gasteiger charge is 2.44. The summed E-state index contributed by atoms with van der Waals surface area (Å²) in [6.07, 6.45) is 5.27. The number of benzene rings is 2. The second kappa shape index (κ2) is 9.29. The van der Waals surface area contributed by atoms with Crippen molar-refractivity contribution in [2.45, 2.75) is 56.1 Å². The van der Waals surface area contributed by atoms with Gasteiger partial charge in [0.25, 0.3) is 5.56 Å². The molecule has 2 aliphatic carbocycles. The van der Waals surface area contributed by atoms with Gasteiger partial charge in [-0.15, -0.1) is 0 Å². The van der Waals surface area contributed by atoms with E-state index in [0.717, 1.165) is 54.7 Å². The molecular formula is C27H29N3O3S. The van der Waals surface area contributed by atoms with E-state index in [-0.39, 0.29) is 22.6 Å². The molecule has 5 rings (SSSR count). The number of methoxy groups -OCH3 is 1. The minimum atomic E-state index is -0.141. The van der Waals surface area contributed by atoms with Crippen molar-refractivity contribution in [1.82, 2.24) is 9.55 Å². The standard InChI is InChI=1S/C27H29N3O3S/c1-3-30-25(32)23-24(21-9-5-4-8-18(21)16-27(23)14-6-7-15-27)29-26(30)34-17-22(31)28-19-10-12-20(33-2)13-11-19/h4-5,8-13H,3,6-7,14-17H2,1-2H3,(H,28,31). The Morgan fingerprint density at radius 2 is 1.88 bits per heavy atom. The molecule has 34 heavy (non-hydrogen) atoms. The highest BCUT2D eigenvalue weighted by Crippen LogP contribution is 2.49. The third-order valence-electron chi connectivity index (χ3n) is 7.05. The first-order chi connectivity index (χ1) is 16.5. The van der Waals surface area contributed by atoms with Crippen LogP contribution in [0.2, 0.25) is 0 Å². The molecule has 0 radical (unpaired) electrons. The van der Waals surface area contributed by atoms with Gasteiger partial charge in [-0.2, -0.15) is 0 Å². The average Bonchev–Trinajstić information content (AvgIpc) is 3.31. The first-order valence-corrected chi connectivity index (χ1v) is 12.8. The maximum Gasteiger partial charge on any atom is 0.258 e. The molecule has 0 aliphatic heterocycles. The van der Waals surface area contributed by atoms with Gasteiger partial charge in [0.15, 0.2) is 5.16 Å². The molecule has 2 aliphatic rings. The van der Waals surface area contributed by atoms with Gasteiger partial charge in [0, 0.05) is 23.2 Å². The van der Waals surface area contributed by atoms with E-state index in [1.165, 1.54) is 17.3 Å². The van der Waals surface area contributed by atoms with Crippen LogP contribution in [-0.2, 0) is 23.2 Å². The second-order valence-corrected chi connectivity index (χ2v) is 10.00. The lowest BCUT2D eigenvalue weighted by atomic mass is 9.68. The van der Waals surface area contributed by atoms with Crippen LogP contribution in [-0.4, -0.2) is 28.3 Å². The summed E-state index contributed by atoms with van der Waals surface area (Å²) in [5.74, 6) is 0.764. The highest BCUT2D eigenvalue weighted by molar-refractivity contribution is 7.99. The molecule has 6 nitrogen and oxygen atoms in total. The van der Waals surface area contributed by atoms with Gasteiger partial charge >= 0.3 is 0 Å². The number of hydrogen-bond donors (Lipinski definition) is 1. The lowest BCUT2D eigenvalue weighted by Crippen LogP contribution is -2.40. The Labute approximate surface area is 203 Å². The van der Waals surface area contributed by atoms with E-state index in [1.807, 2.05) is 13.0 Å². The number of nitrogens with zero attached hydrogens (tertiary/aromatic N) is 2. The van der Waals surface area contributed by atoms with E-state index in [2.05, 4.69) is 23.5 Å². The van der Waals surface area contributed by atoms with Gasteiger partial charge in [-0.05, 0) is 56.0 Å². The number of carbonyl (C=O) groups excluding carboxylic acids is 1. The summed E-state index contributed by atoms with van der Waals surface area (Å²) in [5, 5.41) is 3.50. The Kier molecular flexibility index (Phi) is 6.21. The van der Waals surface area contributed by atoms with E-state index in [4.69, 9.17) is 9.72 Å². The second-order valence-electron chi connectivity index (χ2n) is 9.05. The smallest absolute Gasteiger partial charge is 0.258 e. The SMILES string of the molecule is CCn1c(SCC(=O)Nc2ccc(OC)cc2)nc2c(c1=O)C1(CCCC1)Cc1ccccc1-2. The number of aromatic nitrogens is 2. The lowest BCUT2D eigenvalue weighted by Gasteiger charge is -2.36. The number of nitrogens with one attached hydrogen (secondary N) is 1. The molecule has 1 spiro atoms. The van der Waals surface area contributed by atoms with Crippen LogP contribution in [0.1, 0.15) is 43.7 Å². The number of rotatable bonds is 6. The molecule has 3 aromatic rings. The summed E-state index contributed by atoms with van der Waals surface area (Å²) in [4.78, 5) is 31.5. The van der Waals surface area contributed by atoms with Gasteiger partial charge in [-0.1, -0.05) is 48.9 Å². The third-order valence-corrected chi connectivity index (χ3v) is 8.03. The quantitative estimate of drug-likeness (QED) is 0.400. The van der Waals surface area contributed by atoms with E-state index < -0.39 is 0 Å². The highest BCUT2D eigenvalue weighted by atomic mass is 32.2. The fraction of sp³-hybridized carbons (Fsp3) is 0.370. The van der Waals surface area contributed by atoms with Gasteiger partial charge < -0.3 is 10.1 Å². The Hall–Kier alpha value is -3.06. The first-order valence-electron chi connectivity index (χ1n) is 11.8. The number of thioether (sulfide) groups is 1. The number of anilines is 1. The monoisotopic (exact) mass is 475 g/mol. The molecular weight excluding hydrogens is 446 g/mol. The molecule has 0 unspecified atom stereocenters. The summed E-state index contributed by atoms with van der Waals surface area (Å²) in [7, 11) is 1.61. The number of amides is 1. The molecule has 1 saturated carbocycles. The molecule has 1 N–H and O–H groups in total. The number of carbonyl (C=O) groups is 1. The predicted molar refractivity (Wildman–Crippen MR) is 136 cm³/mol. The number of hydrogen-bond acceptors (Lipinski definition) is 5. The van der Waals surface area contributed by atoms with Gasteiger partial charge in [-0.3, -0.25) is 14.2 Å². The van der Waals surface area contributed by atoms with Crippen LogP contribution < -0.4 is 15.6 Å². The first kappa shape index (κ1) is 22.7. The Balaban J connectivity index is 1.46. The fourth-order valence-electron chi connectivity index (χ4n) is 5.44. The Morgan fingerprint density at radius 3 is 2.59 bits per heavy atom. The molecule has 1 amide bonds. The van der Waals surface area contributed by atoms with E-state index in [1.54, 1.807) is 35.9 Å². The molecule has 0 saturated heterocycles. The average molecular weight is 476 g/mol. The van der Waals surface area contributed by atoms with E-state index >= 15 is 0 Å². The van der Waals surface area contributed by atoms with Crippen LogP contribution in [0, 0.1) is 0 Å². The lowest BCUT2D eigenvalue weighted by molar-refractivity contribution is -0.113. The van der Waals surface area contributed by atoms with Crippen molar-refractivity contribution in [3.05, 3.63) is 70.0 Å². The zero-order chi connectivity index (χ0) is 23.7. The van der Waals surface area contributed by atoms with Crippen molar-refractivity contribution in [2.24, 2.45) is 0 Å². The molecule has 1 heterocycles. The third kappa shape index (κ3) is 4.02. The topological polar surface area (TPSA) is 73.2 Å².